The third-order valence-electron chi connectivity index (χ3n) is 3.24. The average Bonchev–Trinajstić information content (AvgIpc) is 3.07. The molecule has 20 heavy (non-hydrogen) atoms. The zero-order chi connectivity index (χ0) is 14.4. The number of nitrogens with one attached hydrogen (secondary N) is 1. The summed E-state index contributed by atoms with van der Waals surface area (Å²) in [5.41, 5.74) is 1.25. The number of aromatic nitrogens is 3. The van der Waals surface area contributed by atoms with E-state index in [9.17, 15) is 0 Å². The molecule has 0 bridgehead atoms. The molecule has 0 unspecified atom stereocenters. The van der Waals surface area contributed by atoms with Gasteiger partial charge in [0.05, 0.1) is 12.9 Å². The van der Waals surface area contributed by atoms with E-state index in [0.29, 0.717) is 0 Å². The lowest BCUT2D eigenvalue weighted by atomic mass is 10.4. The normalized spacial score (nSPS) is 11.7. The Balaban J connectivity index is 1.83. The lowest BCUT2D eigenvalue weighted by Gasteiger charge is -2.22. The average molecular weight is 274 g/mol. The Kier molecular flexibility index (Phi) is 4.81. The minimum absolute atomic E-state index is 0.820. The molecule has 6 nitrogen and oxygen atoms in total. The first-order valence-electron chi connectivity index (χ1n) is 6.68. The Labute approximate surface area is 119 Å². The van der Waals surface area contributed by atoms with E-state index in [-0.39, 0.29) is 0 Å². The number of hydrogen-bond donors (Lipinski definition) is 1. The summed E-state index contributed by atoms with van der Waals surface area (Å²) in [6.45, 7) is 2.52. The summed E-state index contributed by atoms with van der Waals surface area (Å²) in [5.74, 6) is 0.895. The minimum atomic E-state index is 0.820. The van der Waals surface area contributed by atoms with Crippen LogP contribution in [0, 0.1) is 0 Å². The number of aliphatic imine (C=N–C) groups is 1. The molecule has 0 aromatic carbocycles. The predicted octanol–water partition coefficient (Wildman–Crippen LogP) is 0.929. The van der Waals surface area contributed by atoms with E-state index in [1.807, 2.05) is 24.1 Å². The van der Waals surface area contributed by atoms with Crippen molar-refractivity contribution in [2.45, 2.75) is 13.1 Å². The quantitative estimate of drug-likeness (QED) is 0.652. The van der Waals surface area contributed by atoms with E-state index in [1.165, 1.54) is 5.69 Å². The summed E-state index contributed by atoms with van der Waals surface area (Å²) in [7, 11) is 5.90. The van der Waals surface area contributed by atoms with Gasteiger partial charge in [-0.15, -0.1) is 0 Å². The summed E-state index contributed by atoms with van der Waals surface area (Å²) in [6.07, 6.45) is 7.62. The number of rotatable bonds is 5. The van der Waals surface area contributed by atoms with Crippen molar-refractivity contribution in [2.75, 3.05) is 20.6 Å². The highest BCUT2D eigenvalue weighted by molar-refractivity contribution is 5.79. The van der Waals surface area contributed by atoms with Crippen LogP contribution in [0.1, 0.15) is 5.69 Å². The highest BCUT2D eigenvalue weighted by Gasteiger charge is 2.07. The fourth-order valence-electron chi connectivity index (χ4n) is 2.08. The maximum absolute atomic E-state index is 4.31. The summed E-state index contributed by atoms with van der Waals surface area (Å²) in [6, 6.07) is 4.17. The fourth-order valence-corrected chi connectivity index (χ4v) is 2.08. The molecule has 0 spiro atoms. The molecule has 0 aliphatic rings. The van der Waals surface area contributed by atoms with Crippen molar-refractivity contribution < 1.29 is 0 Å². The number of imidazole rings is 1. The maximum Gasteiger partial charge on any atom is 0.193 e. The Morgan fingerprint density at radius 1 is 1.45 bits per heavy atom. The molecule has 1 N–H and O–H groups in total. The van der Waals surface area contributed by atoms with Crippen LogP contribution in [0.25, 0.3) is 0 Å². The zero-order valence-electron chi connectivity index (χ0n) is 12.3. The molecular weight excluding hydrogens is 252 g/mol. The van der Waals surface area contributed by atoms with Gasteiger partial charge in [-0.1, -0.05) is 0 Å². The Hall–Kier alpha value is -2.24. The van der Waals surface area contributed by atoms with Crippen LogP contribution in [-0.2, 0) is 20.1 Å². The van der Waals surface area contributed by atoms with Gasteiger partial charge >= 0.3 is 0 Å². The first kappa shape index (κ1) is 14.2. The van der Waals surface area contributed by atoms with Crippen molar-refractivity contribution in [1.29, 1.82) is 0 Å². The molecule has 2 heterocycles. The third-order valence-corrected chi connectivity index (χ3v) is 3.24. The van der Waals surface area contributed by atoms with Gasteiger partial charge in [-0.3, -0.25) is 4.99 Å². The van der Waals surface area contributed by atoms with Crippen LogP contribution in [0.3, 0.4) is 0 Å². The molecule has 108 valence electrons. The van der Waals surface area contributed by atoms with Gasteiger partial charge in [0, 0.05) is 58.5 Å². The monoisotopic (exact) mass is 274 g/mol. The van der Waals surface area contributed by atoms with Crippen LogP contribution >= 0.6 is 0 Å². The number of nitrogens with zero attached hydrogens (tertiary/aromatic N) is 5. The fraction of sp³-hybridized carbons (Fsp3) is 0.429. The molecule has 0 radical (unpaired) electrons. The van der Waals surface area contributed by atoms with Gasteiger partial charge in [-0.25, -0.2) is 4.98 Å². The van der Waals surface area contributed by atoms with Crippen LogP contribution in [0.4, 0.5) is 0 Å². The number of hydrogen-bond acceptors (Lipinski definition) is 2. The van der Waals surface area contributed by atoms with Gasteiger partial charge in [0.2, 0.25) is 0 Å². The molecule has 6 heteroatoms. The molecular formula is C14H22N6. The first-order valence-corrected chi connectivity index (χ1v) is 6.68. The second-order valence-electron chi connectivity index (χ2n) is 4.74. The Morgan fingerprint density at radius 3 is 2.90 bits per heavy atom. The van der Waals surface area contributed by atoms with E-state index in [1.54, 1.807) is 13.2 Å². The molecule has 0 amide bonds. The molecule has 0 saturated carbocycles. The maximum atomic E-state index is 4.31. The third kappa shape index (κ3) is 3.63. The summed E-state index contributed by atoms with van der Waals surface area (Å²) < 4.78 is 4.16. The van der Waals surface area contributed by atoms with Crippen LogP contribution < -0.4 is 5.32 Å². The van der Waals surface area contributed by atoms with Crippen molar-refractivity contribution in [2.24, 2.45) is 12.0 Å². The number of guanidine groups is 1. The first-order chi connectivity index (χ1) is 9.70. The predicted molar refractivity (Wildman–Crippen MR) is 80.5 cm³/mol. The smallest absolute Gasteiger partial charge is 0.193 e. The van der Waals surface area contributed by atoms with Crippen LogP contribution in [0.2, 0.25) is 0 Å². The highest BCUT2D eigenvalue weighted by Crippen LogP contribution is 2.03. The summed E-state index contributed by atoms with van der Waals surface area (Å²) in [5, 5.41) is 3.36. The molecule has 2 rings (SSSR count). The van der Waals surface area contributed by atoms with Gasteiger partial charge in [0.25, 0.3) is 0 Å². The highest BCUT2D eigenvalue weighted by atomic mass is 15.3. The molecule has 0 saturated heterocycles. The van der Waals surface area contributed by atoms with Crippen molar-refractivity contribution in [3.63, 3.8) is 0 Å². The summed E-state index contributed by atoms with van der Waals surface area (Å²) >= 11 is 0. The second kappa shape index (κ2) is 6.79. The molecule has 0 fully saturated rings. The SMILES string of the molecule is CN=C(NCCn1ccnc1)N(C)Cc1cccn1C. The zero-order valence-corrected chi connectivity index (χ0v) is 12.3. The van der Waals surface area contributed by atoms with Gasteiger partial charge < -0.3 is 19.4 Å². The standard InChI is InChI=1S/C14H22N6/c1-15-14(17-7-10-20-9-6-16-12-20)19(3)11-13-5-4-8-18(13)2/h4-6,8-9,12H,7,10-11H2,1-3H3,(H,15,17). The molecule has 0 aliphatic heterocycles. The van der Waals surface area contributed by atoms with Crippen molar-refractivity contribution in [3.05, 3.63) is 42.7 Å². The van der Waals surface area contributed by atoms with E-state index in [4.69, 9.17) is 0 Å². The largest absolute Gasteiger partial charge is 0.354 e. The minimum Gasteiger partial charge on any atom is -0.354 e. The molecule has 0 aliphatic carbocycles. The van der Waals surface area contributed by atoms with E-state index >= 15 is 0 Å². The lowest BCUT2D eigenvalue weighted by Crippen LogP contribution is -2.40. The van der Waals surface area contributed by atoms with Crippen molar-refractivity contribution >= 4 is 5.96 Å². The Morgan fingerprint density at radius 2 is 2.30 bits per heavy atom. The van der Waals surface area contributed by atoms with E-state index < -0.39 is 0 Å². The molecule has 2 aromatic heterocycles. The second-order valence-corrected chi connectivity index (χ2v) is 4.74. The van der Waals surface area contributed by atoms with Crippen molar-refractivity contribution in [3.8, 4) is 0 Å². The topological polar surface area (TPSA) is 50.4 Å². The van der Waals surface area contributed by atoms with Gasteiger partial charge in [-0.05, 0) is 12.1 Å². The van der Waals surface area contributed by atoms with Gasteiger partial charge in [0.1, 0.15) is 0 Å². The molecule has 2 aromatic rings. The molecule has 0 atom stereocenters. The van der Waals surface area contributed by atoms with Crippen LogP contribution in [-0.4, -0.2) is 45.6 Å². The van der Waals surface area contributed by atoms with Crippen LogP contribution in [0.15, 0.2) is 42.0 Å². The lowest BCUT2D eigenvalue weighted by molar-refractivity contribution is 0.459. The number of aryl methyl sites for hydroxylation is 1. The van der Waals surface area contributed by atoms with Gasteiger partial charge in [-0.2, -0.15) is 0 Å². The summed E-state index contributed by atoms with van der Waals surface area (Å²) in [4.78, 5) is 10.5. The van der Waals surface area contributed by atoms with E-state index in [2.05, 4.69) is 50.1 Å². The Bertz CT molecular complexity index is 540. The van der Waals surface area contributed by atoms with E-state index in [0.717, 1.165) is 25.6 Å². The van der Waals surface area contributed by atoms with Crippen molar-refractivity contribution in [1.82, 2.24) is 24.3 Å². The van der Waals surface area contributed by atoms with Crippen LogP contribution in [0.5, 0.6) is 0 Å². The van der Waals surface area contributed by atoms with Gasteiger partial charge in [0.15, 0.2) is 5.96 Å².